The SMILES string of the molecule is COC(=O)CN(CCN=C(C)C1=C(O)CC(C)(C)CC1=O)C(=O)Cn1cnc2c(NC(c3ccccc3)(c3ccccc3)c3ccc(OC)cc3)ncnc21. The average Bonchev–Trinajstić information content (AvgIpc) is 3.59. The zero-order chi connectivity index (χ0) is 39.2. The van der Waals surface area contributed by atoms with E-state index in [4.69, 9.17) is 9.47 Å². The minimum atomic E-state index is -0.934. The number of imidazole rings is 1. The fourth-order valence-corrected chi connectivity index (χ4v) is 7.07. The second-order valence-electron chi connectivity index (χ2n) is 14.2. The monoisotopic (exact) mass is 743 g/mol. The van der Waals surface area contributed by atoms with Gasteiger partial charge in [0.1, 0.15) is 42.0 Å². The lowest BCUT2D eigenvalue weighted by atomic mass is 9.76. The van der Waals surface area contributed by atoms with Gasteiger partial charge < -0.3 is 29.4 Å². The first kappa shape index (κ1) is 38.4. The summed E-state index contributed by atoms with van der Waals surface area (Å²) < 4.78 is 12.0. The van der Waals surface area contributed by atoms with E-state index in [1.54, 1.807) is 18.6 Å². The Kier molecular flexibility index (Phi) is 11.4. The smallest absolute Gasteiger partial charge is 0.325 e. The molecule has 0 fully saturated rings. The number of benzene rings is 3. The van der Waals surface area contributed by atoms with Gasteiger partial charge in [-0.3, -0.25) is 19.4 Å². The maximum atomic E-state index is 13.8. The second kappa shape index (κ2) is 16.3. The van der Waals surface area contributed by atoms with Gasteiger partial charge in [0, 0.05) is 25.1 Å². The number of anilines is 1. The van der Waals surface area contributed by atoms with Gasteiger partial charge in [-0.15, -0.1) is 0 Å². The first-order chi connectivity index (χ1) is 26.5. The van der Waals surface area contributed by atoms with Gasteiger partial charge in [0.15, 0.2) is 17.2 Å². The van der Waals surface area contributed by atoms with Crippen LogP contribution >= 0.6 is 0 Å². The van der Waals surface area contributed by atoms with E-state index in [0.717, 1.165) is 22.4 Å². The van der Waals surface area contributed by atoms with E-state index in [1.807, 2.05) is 74.5 Å². The summed E-state index contributed by atoms with van der Waals surface area (Å²) in [6.45, 7) is 5.18. The molecule has 0 bridgehead atoms. The first-order valence-corrected chi connectivity index (χ1v) is 18.0. The van der Waals surface area contributed by atoms with Crippen LogP contribution in [0.2, 0.25) is 0 Å². The predicted octanol–water partition coefficient (Wildman–Crippen LogP) is 5.90. The van der Waals surface area contributed by atoms with E-state index in [0.29, 0.717) is 35.5 Å². The van der Waals surface area contributed by atoms with Gasteiger partial charge in [-0.05, 0) is 41.2 Å². The minimum Gasteiger partial charge on any atom is -0.511 e. The number of carbonyl (C=O) groups excluding carboxylic acids is 3. The molecule has 3 aromatic carbocycles. The highest BCUT2D eigenvalue weighted by Crippen LogP contribution is 2.41. The van der Waals surface area contributed by atoms with Gasteiger partial charge in [-0.25, -0.2) is 15.0 Å². The highest BCUT2D eigenvalue weighted by Gasteiger charge is 2.38. The van der Waals surface area contributed by atoms with E-state index in [2.05, 4.69) is 49.5 Å². The number of aliphatic imine (C=N–C) groups is 1. The van der Waals surface area contributed by atoms with Gasteiger partial charge in [0.2, 0.25) is 5.91 Å². The third-order valence-corrected chi connectivity index (χ3v) is 9.78. The summed E-state index contributed by atoms with van der Waals surface area (Å²) in [7, 11) is 2.88. The molecular weight excluding hydrogens is 699 g/mol. The molecule has 2 aromatic heterocycles. The van der Waals surface area contributed by atoms with Crippen molar-refractivity contribution in [2.24, 2.45) is 10.4 Å². The van der Waals surface area contributed by atoms with Crippen LogP contribution in [-0.4, -0.2) is 86.8 Å². The standard InChI is InChI=1S/C42H45N7O6/c1-28(37-33(50)22-41(2,3)23-34(37)51)43-20-21-48(25-36(53)55-5)35(52)24-49-27-46-38-39(44-26-45-40(38)49)47-42(29-12-8-6-9-13-29,30-14-10-7-11-15-30)31-16-18-32(54-4)19-17-31/h6-19,26-27,50H,20-25H2,1-5H3,(H,44,45,47). The Morgan fingerprint density at radius 2 is 1.56 bits per heavy atom. The third-order valence-electron chi connectivity index (χ3n) is 9.78. The molecule has 1 aliphatic carbocycles. The number of allylic oxidation sites excluding steroid dienone is 2. The maximum Gasteiger partial charge on any atom is 0.325 e. The number of carbonyl (C=O) groups is 3. The molecule has 55 heavy (non-hydrogen) atoms. The van der Waals surface area contributed by atoms with Crippen molar-refractivity contribution >= 4 is 40.4 Å². The highest BCUT2D eigenvalue weighted by molar-refractivity contribution is 6.22. The predicted molar refractivity (Wildman–Crippen MR) is 209 cm³/mol. The van der Waals surface area contributed by atoms with E-state index in [-0.39, 0.29) is 48.7 Å². The van der Waals surface area contributed by atoms with Crippen molar-refractivity contribution in [3.05, 3.63) is 126 Å². The lowest BCUT2D eigenvalue weighted by molar-refractivity contribution is -0.147. The number of nitrogens with zero attached hydrogens (tertiary/aromatic N) is 6. The quantitative estimate of drug-likeness (QED) is 0.0796. The van der Waals surface area contributed by atoms with Gasteiger partial charge in [-0.2, -0.15) is 0 Å². The lowest BCUT2D eigenvalue weighted by Crippen LogP contribution is -2.40. The number of aromatic nitrogens is 4. The molecule has 0 saturated carbocycles. The number of aliphatic hydroxyl groups is 1. The Balaban J connectivity index is 1.30. The average molecular weight is 744 g/mol. The number of ether oxygens (including phenoxy) is 2. The number of ketones is 1. The first-order valence-electron chi connectivity index (χ1n) is 18.0. The topological polar surface area (TPSA) is 161 Å². The summed E-state index contributed by atoms with van der Waals surface area (Å²) in [5.41, 5.74) is 3.00. The molecule has 13 nitrogen and oxygen atoms in total. The minimum absolute atomic E-state index is 0.0154. The van der Waals surface area contributed by atoms with Crippen molar-refractivity contribution in [3.63, 3.8) is 0 Å². The molecule has 0 aliphatic heterocycles. The van der Waals surface area contributed by atoms with Crippen LogP contribution in [-0.2, 0) is 31.2 Å². The van der Waals surface area contributed by atoms with Gasteiger partial charge in [0.25, 0.3) is 0 Å². The Bertz CT molecular complexity index is 2190. The van der Waals surface area contributed by atoms with Crippen LogP contribution < -0.4 is 10.1 Å². The molecule has 0 spiro atoms. The summed E-state index contributed by atoms with van der Waals surface area (Å²) in [5.74, 6) is 0.00395. The van der Waals surface area contributed by atoms with E-state index in [1.165, 1.54) is 24.7 Å². The zero-order valence-corrected chi connectivity index (χ0v) is 31.7. The summed E-state index contributed by atoms with van der Waals surface area (Å²) in [6.07, 6.45) is 3.61. The van der Waals surface area contributed by atoms with Gasteiger partial charge >= 0.3 is 5.97 Å². The van der Waals surface area contributed by atoms with E-state index < -0.39 is 17.4 Å². The van der Waals surface area contributed by atoms with Crippen LogP contribution in [0.1, 0.15) is 50.3 Å². The fourth-order valence-electron chi connectivity index (χ4n) is 7.07. The summed E-state index contributed by atoms with van der Waals surface area (Å²) in [5, 5.41) is 14.4. The van der Waals surface area contributed by atoms with Crippen LogP contribution in [0.4, 0.5) is 5.82 Å². The van der Waals surface area contributed by atoms with Crippen LogP contribution in [0, 0.1) is 5.41 Å². The molecule has 6 rings (SSSR count). The Hall–Kier alpha value is -6.37. The number of hydrogen-bond donors (Lipinski definition) is 2. The molecule has 0 atom stereocenters. The molecule has 284 valence electrons. The molecule has 2 heterocycles. The van der Waals surface area contributed by atoms with Gasteiger partial charge in [0.05, 0.1) is 32.7 Å². The number of rotatable bonds is 14. The number of nitrogens with one attached hydrogen (secondary N) is 1. The molecular formula is C42H45N7O6. The second-order valence-corrected chi connectivity index (χ2v) is 14.2. The molecule has 1 aliphatic rings. The van der Waals surface area contributed by atoms with Crippen LogP contribution in [0.25, 0.3) is 11.2 Å². The lowest BCUT2D eigenvalue weighted by Gasteiger charge is -2.37. The Morgan fingerprint density at radius 3 is 2.16 bits per heavy atom. The Morgan fingerprint density at radius 1 is 0.927 bits per heavy atom. The normalized spacial score (nSPS) is 14.5. The van der Waals surface area contributed by atoms with Crippen molar-refractivity contribution in [2.45, 2.75) is 45.7 Å². The summed E-state index contributed by atoms with van der Waals surface area (Å²) >= 11 is 0. The number of methoxy groups -OCH3 is 2. The van der Waals surface area contributed by atoms with E-state index in [9.17, 15) is 19.5 Å². The van der Waals surface area contributed by atoms with Crippen LogP contribution in [0.15, 0.2) is 114 Å². The van der Waals surface area contributed by atoms with Crippen molar-refractivity contribution < 1.29 is 29.0 Å². The molecule has 13 heteroatoms. The molecule has 0 saturated heterocycles. The highest BCUT2D eigenvalue weighted by atomic mass is 16.5. The van der Waals surface area contributed by atoms with Crippen LogP contribution in [0.5, 0.6) is 5.75 Å². The van der Waals surface area contributed by atoms with Crippen molar-refractivity contribution in [1.29, 1.82) is 0 Å². The number of hydrogen-bond acceptors (Lipinski definition) is 11. The van der Waals surface area contributed by atoms with Gasteiger partial charge in [-0.1, -0.05) is 86.6 Å². The number of esters is 1. The summed E-state index contributed by atoms with van der Waals surface area (Å²) in [4.78, 5) is 58.7. The molecule has 1 amide bonds. The zero-order valence-electron chi connectivity index (χ0n) is 31.7. The van der Waals surface area contributed by atoms with Crippen molar-refractivity contribution in [3.8, 4) is 5.75 Å². The van der Waals surface area contributed by atoms with Crippen LogP contribution in [0.3, 0.4) is 0 Å². The molecule has 5 aromatic rings. The molecule has 0 unspecified atom stereocenters. The number of fused-ring (bicyclic) bond motifs is 1. The van der Waals surface area contributed by atoms with Crippen molar-refractivity contribution in [1.82, 2.24) is 24.4 Å². The molecule has 0 radical (unpaired) electrons. The fraction of sp³-hybridized carbons (Fsp3) is 0.310. The number of amides is 1. The largest absolute Gasteiger partial charge is 0.511 e. The number of Topliss-reactive ketones (excluding diaryl/α,β-unsaturated/α-hetero) is 1. The summed E-state index contributed by atoms with van der Waals surface area (Å²) in [6, 6.07) is 27.9. The number of aliphatic hydroxyl groups excluding tert-OH is 1. The maximum absolute atomic E-state index is 13.8. The van der Waals surface area contributed by atoms with Crippen molar-refractivity contribution in [2.75, 3.05) is 39.2 Å². The molecule has 2 N–H and O–H groups in total. The Labute approximate surface area is 319 Å². The third kappa shape index (κ3) is 8.25. The van der Waals surface area contributed by atoms with E-state index >= 15 is 0 Å².